The lowest BCUT2D eigenvalue weighted by Gasteiger charge is -2.16. The van der Waals surface area contributed by atoms with Gasteiger partial charge in [0.05, 0.1) is 6.10 Å². The molecular formula is C10H14N8O. The number of hydrogen-bond acceptors (Lipinski definition) is 8. The van der Waals surface area contributed by atoms with E-state index >= 15 is 0 Å². The van der Waals surface area contributed by atoms with E-state index in [9.17, 15) is 0 Å². The maximum atomic E-state index is 5.72. The average molecular weight is 262 g/mol. The van der Waals surface area contributed by atoms with E-state index in [-0.39, 0.29) is 12.1 Å². The van der Waals surface area contributed by atoms with Crippen molar-refractivity contribution in [2.45, 2.75) is 12.5 Å². The Morgan fingerprint density at radius 2 is 2.16 bits per heavy atom. The van der Waals surface area contributed by atoms with Crippen LogP contribution in [0.1, 0.15) is 6.42 Å². The number of nitrogen functional groups attached to an aromatic ring is 1. The van der Waals surface area contributed by atoms with E-state index in [1.807, 2.05) is 4.90 Å². The van der Waals surface area contributed by atoms with E-state index in [1.54, 1.807) is 7.11 Å². The highest BCUT2D eigenvalue weighted by Crippen LogP contribution is 2.18. The topological polar surface area (TPSA) is 108 Å². The summed E-state index contributed by atoms with van der Waals surface area (Å²) >= 11 is 0. The van der Waals surface area contributed by atoms with Gasteiger partial charge < -0.3 is 15.4 Å². The van der Waals surface area contributed by atoms with Crippen LogP contribution in [-0.2, 0) is 4.74 Å². The molecule has 1 aliphatic rings. The maximum Gasteiger partial charge on any atom is 0.258 e. The van der Waals surface area contributed by atoms with E-state index in [1.165, 1.54) is 17.3 Å². The third-order valence-corrected chi connectivity index (χ3v) is 3.01. The first-order valence-corrected chi connectivity index (χ1v) is 5.90. The van der Waals surface area contributed by atoms with Crippen molar-refractivity contribution in [2.75, 3.05) is 30.8 Å². The van der Waals surface area contributed by atoms with E-state index < -0.39 is 0 Å². The second-order valence-corrected chi connectivity index (χ2v) is 4.23. The molecule has 1 aliphatic heterocycles. The van der Waals surface area contributed by atoms with E-state index in [0.29, 0.717) is 11.9 Å². The van der Waals surface area contributed by atoms with Crippen LogP contribution in [0.2, 0.25) is 0 Å². The largest absolute Gasteiger partial charge is 0.380 e. The smallest absolute Gasteiger partial charge is 0.258 e. The Kier molecular flexibility index (Phi) is 2.95. The fourth-order valence-electron chi connectivity index (χ4n) is 2.03. The van der Waals surface area contributed by atoms with E-state index in [0.717, 1.165) is 19.5 Å². The molecular weight excluding hydrogens is 248 g/mol. The fraction of sp³-hybridized carbons (Fsp3) is 0.500. The Morgan fingerprint density at radius 1 is 1.32 bits per heavy atom. The molecule has 19 heavy (non-hydrogen) atoms. The Hall–Kier alpha value is -2.29. The van der Waals surface area contributed by atoms with Crippen LogP contribution in [0.15, 0.2) is 12.7 Å². The molecule has 2 aromatic rings. The van der Waals surface area contributed by atoms with Crippen LogP contribution in [0.3, 0.4) is 0 Å². The zero-order valence-corrected chi connectivity index (χ0v) is 10.5. The molecule has 0 aromatic carbocycles. The lowest BCUT2D eigenvalue weighted by atomic mass is 10.3. The van der Waals surface area contributed by atoms with Crippen molar-refractivity contribution < 1.29 is 4.74 Å². The highest BCUT2D eigenvalue weighted by Gasteiger charge is 2.25. The van der Waals surface area contributed by atoms with E-state index in [2.05, 4.69) is 25.0 Å². The number of nitrogens with two attached hydrogens (primary N) is 1. The Balaban J connectivity index is 1.90. The Labute approximate surface area is 109 Å². The summed E-state index contributed by atoms with van der Waals surface area (Å²) in [7, 11) is 1.71. The van der Waals surface area contributed by atoms with Crippen molar-refractivity contribution in [1.29, 1.82) is 0 Å². The molecule has 0 radical (unpaired) electrons. The lowest BCUT2D eigenvalue weighted by Crippen LogP contribution is -2.25. The van der Waals surface area contributed by atoms with Gasteiger partial charge in [0, 0.05) is 20.2 Å². The van der Waals surface area contributed by atoms with Gasteiger partial charge >= 0.3 is 0 Å². The predicted octanol–water partition coefficient (Wildman–Crippen LogP) is -0.740. The Bertz CT molecular complexity index is 557. The van der Waals surface area contributed by atoms with Gasteiger partial charge in [-0.05, 0) is 6.42 Å². The molecule has 2 aromatic heterocycles. The lowest BCUT2D eigenvalue weighted by molar-refractivity contribution is 0.121. The molecule has 100 valence electrons. The Morgan fingerprint density at radius 3 is 2.84 bits per heavy atom. The van der Waals surface area contributed by atoms with Crippen molar-refractivity contribution in [3.8, 4) is 5.95 Å². The van der Waals surface area contributed by atoms with Gasteiger partial charge in [-0.25, -0.2) is 4.98 Å². The number of hydrogen-bond donors (Lipinski definition) is 1. The minimum Gasteiger partial charge on any atom is -0.380 e. The number of rotatable bonds is 3. The molecule has 1 atom stereocenters. The van der Waals surface area contributed by atoms with Crippen molar-refractivity contribution in [3.63, 3.8) is 0 Å². The van der Waals surface area contributed by atoms with Crippen molar-refractivity contribution in [2.24, 2.45) is 0 Å². The van der Waals surface area contributed by atoms with E-state index in [4.69, 9.17) is 10.5 Å². The summed E-state index contributed by atoms with van der Waals surface area (Å²) in [6.45, 7) is 1.58. The maximum absolute atomic E-state index is 5.72. The second-order valence-electron chi connectivity index (χ2n) is 4.23. The van der Waals surface area contributed by atoms with Crippen LogP contribution in [0.4, 0.5) is 11.9 Å². The molecule has 3 heterocycles. The summed E-state index contributed by atoms with van der Waals surface area (Å²) in [5.41, 5.74) is 5.72. The van der Waals surface area contributed by atoms with Crippen molar-refractivity contribution in [1.82, 2.24) is 29.7 Å². The van der Waals surface area contributed by atoms with Gasteiger partial charge in [-0.2, -0.15) is 24.7 Å². The first-order chi connectivity index (χ1) is 9.26. The standard InChI is InChI=1S/C10H14N8O/c1-19-7-2-3-17(4-7)9-14-8(11)15-10(16-9)18-6-12-5-13-18/h5-7H,2-4H2,1H3,(H2,11,14,15,16). The molecule has 1 saturated heterocycles. The molecule has 0 amide bonds. The summed E-state index contributed by atoms with van der Waals surface area (Å²) in [6.07, 6.45) is 4.07. The zero-order chi connectivity index (χ0) is 13.2. The van der Waals surface area contributed by atoms with Crippen LogP contribution in [0.5, 0.6) is 0 Å². The summed E-state index contributed by atoms with van der Waals surface area (Å²) in [4.78, 5) is 18.4. The molecule has 2 N–H and O–H groups in total. The number of ether oxygens (including phenoxy) is 1. The summed E-state index contributed by atoms with van der Waals surface area (Å²) in [5, 5.41) is 3.98. The molecule has 9 nitrogen and oxygen atoms in total. The molecule has 0 saturated carbocycles. The molecule has 3 rings (SSSR count). The molecule has 0 bridgehead atoms. The second kappa shape index (κ2) is 4.76. The SMILES string of the molecule is COC1CCN(c2nc(N)nc(-n3cncn3)n2)C1. The molecule has 1 unspecified atom stereocenters. The molecule has 0 aliphatic carbocycles. The molecule has 9 heteroatoms. The van der Waals surface area contributed by atoms with Crippen LogP contribution in [-0.4, -0.2) is 56.0 Å². The highest BCUT2D eigenvalue weighted by molar-refractivity contribution is 5.38. The first kappa shape index (κ1) is 11.8. The minimum atomic E-state index is 0.163. The number of aromatic nitrogens is 6. The van der Waals surface area contributed by atoms with Gasteiger partial charge in [0.15, 0.2) is 0 Å². The number of anilines is 2. The minimum absolute atomic E-state index is 0.163. The summed E-state index contributed by atoms with van der Waals surface area (Å²) < 4.78 is 6.77. The number of nitrogens with zero attached hydrogens (tertiary/aromatic N) is 7. The number of methoxy groups -OCH3 is 1. The third-order valence-electron chi connectivity index (χ3n) is 3.01. The molecule has 1 fully saturated rings. The van der Waals surface area contributed by atoms with Crippen LogP contribution in [0.25, 0.3) is 5.95 Å². The van der Waals surface area contributed by atoms with Crippen LogP contribution in [0, 0.1) is 0 Å². The predicted molar refractivity (Wildman–Crippen MR) is 66.8 cm³/mol. The molecule has 0 spiro atoms. The zero-order valence-electron chi connectivity index (χ0n) is 10.5. The van der Waals surface area contributed by atoms with Gasteiger partial charge in [-0.3, -0.25) is 0 Å². The monoisotopic (exact) mass is 262 g/mol. The van der Waals surface area contributed by atoms with Gasteiger partial charge in [0.1, 0.15) is 12.7 Å². The van der Waals surface area contributed by atoms with Gasteiger partial charge in [0.25, 0.3) is 5.95 Å². The van der Waals surface area contributed by atoms with Crippen LogP contribution >= 0.6 is 0 Å². The van der Waals surface area contributed by atoms with Crippen LogP contribution < -0.4 is 10.6 Å². The first-order valence-electron chi connectivity index (χ1n) is 5.90. The van der Waals surface area contributed by atoms with Gasteiger partial charge in [-0.15, -0.1) is 0 Å². The normalized spacial score (nSPS) is 19.0. The quantitative estimate of drug-likeness (QED) is 0.770. The summed E-state index contributed by atoms with van der Waals surface area (Å²) in [6, 6.07) is 0. The summed E-state index contributed by atoms with van der Waals surface area (Å²) in [5.74, 6) is 1.06. The van der Waals surface area contributed by atoms with Gasteiger partial charge in [0.2, 0.25) is 11.9 Å². The fourth-order valence-corrected chi connectivity index (χ4v) is 2.03. The van der Waals surface area contributed by atoms with Crippen molar-refractivity contribution >= 4 is 11.9 Å². The average Bonchev–Trinajstić information content (AvgIpc) is 3.09. The van der Waals surface area contributed by atoms with Gasteiger partial charge in [-0.1, -0.05) is 0 Å². The third kappa shape index (κ3) is 2.32. The highest BCUT2D eigenvalue weighted by atomic mass is 16.5. The van der Waals surface area contributed by atoms with Crippen molar-refractivity contribution in [3.05, 3.63) is 12.7 Å².